The van der Waals surface area contributed by atoms with Crippen molar-refractivity contribution in [3.63, 3.8) is 0 Å². The summed E-state index contributed by atoms with van der Waals surface area (Å²) in [6.45, 7) is 25.6. The number of aromatic nitrogens is 2. The first-order chi connectivity index (χ1) is 66.2. The molecule has 31 nitrogen and oxygen atoms in total. The Morgan fingerprint density at radius 1 is 0.521 bits per heavy atom. The van der Waals surface area contributed by atoms with E-state index in [1.807, 2.05) is 122 Å². The highest BCUT2D eigenvalue weighted by Crippen LogP contribution is 2.44. The van der Waals surface area contributed by atoms with Crippen LogP contribution in [0.5, 0.6) is 11.5 Å². The number of β-amino-alcohol motifs (C(OH)–C–C–N with tert-alkyl or cyclic N) is 1. The minimum absolute atomic E-state index is 0.00763. The van der Waals surface area contributed by atoms with Crippen LogP contribution in [0.15, 0.2) is 144 Å². The van der Waals surface area contributed by atoms with E-state index in [0.29, 0.717) is 59.8 Å². The Labute approximate surface area is 821 Å². The molecule has 9 amide bonds. The third-order valence-corrected chi connectivity index (χ3v) is 26.1. The first-order valence-electron chi connectivity index (χ1n) is 45.4. The predicted molar refractivity (Wildman–Crippen MR) is 515 cm³/mol. The van der Waals surface area contributed by atoms with Gasteiger partial charge in [0.2, 0.25) is 29.5 Å². The van der Waals surface area contributed by atoms with E-state index in [1.54, 1.807) is 94.9 Å². The number of nitriles is 2. The second kappa shape index (κ2) is 47.4. The molecule has 40 heteroatoms. The molecule has 4 aliphatic heterocycles. The van der Waals surface area contributed by atoms with Crippen LogP contribution in [0.25, 0.3) is 20.9 Å². The zero-order valence-electron chi connectivity index (χ0n) is 80.0. The molecule has 0 aliphatic carbocycles. The molecule has 0 spiro atoms. The van der Waals surface area contributed by atoms with E-state index in [-0.39, 0.29) is 152 Å². The van der Waals surface area contributed by atoms with Gasteiger partial charge in [0, 0.05) is 43.9 Å². The molecule has 4 aliphatic rings. The van der Waals surface area contributed by atoms with Crippen LogP contribution in [-0.4, -0.2) is 230 Å². The molecule has 748 valence electrons. The van der Waals surface area contributed by atoms with Crippen molar-refractivity contribution in [2.45, 2.75) is 176 Å². The summed E-state index contributed by atoms with van der Waals surface area (Å²) < 4.78 is 127. The number of urea groups is 1. The number of halogens is 6. The van der Waals surface area contributed by atoms with E-state index in [9.17, 15) is 79.9 Å². The molecule has 4 saturated heterocycles. The molecule has 0 bridgehead atoms. The molecule has 140 heavy (non-hydrogen) atoms. The number of aliphatic hydroxyl groups is 1. The summed E-state index contributed by atoms with van der Waals surface area (Å²) in [4.78, 5) is 140. The Morgan fingerprint density at radius 3 is 1.34 bits per heavy atom. The van der Waals surface area contributed by atoms with Crippen LogP contribution < -0.4 is 45.0 Å². The molecule has 0 saturated carbocycles. The molecule has 0 unspecified atom stereocenters. The molecule has 0 radical (unpaired) electrons. The molecule has 12 rings (SSSR count). The van der Waals surface area contributed by atoms with Gasteiger partial charge in [-0.1, -0.05) is 97.0 Å². The Balaban J connectivity index is 0.000000268. The van der Waals surface area contributed by atoms with Crippen molar-refractivity contribution in [3.05, 3.63) is 189 Å². The van der Waals surface area contributed by atoms with Gasteiger partial charge in [-0.05, 0) is 191 Å². The second-order valence-corrected chi connectivity index (χ2v) is 39.2. The molecule has 6 atom stereocenters. The molecular formula is C100H115F6N13O18S3. The summed E-state index contributed by atoms with van der Waals surface area (Å²) in [5.41, 5.74) is 2.32. The van der Waals surface area contributed by atoms with Crippen LogP contribution in [-0.2, 0) is 92.1 Å². The van der Waals surface area contributed by atoms with Crippen LogP contribution in [0.3, 0.4) is 0 Å². The van der Waals surface area contributed by atoms with Crippen molar-refractivity contribution in [1.29, 1.82) is 10.5 Å². The van der Waals surface area contributed by atoms with E-state index in [1.165, 1.54) is 41.9 Å². The standard InChI is InChI=1S/C50H58F3N7O9S.C50H57F3N6O9S2/c1-31-24-40(44(62)55-27-33-8-10-34(11-9-33)42-32(2)56-30-70-42)58(28-31)45(63)43(48(3,4)5)57-41(61)29-68-21-20-66-18-19-67-22-23-69-38-16-14-36(15-17-38)60-47(65)59(46(64)49(60,6)7)37-13-12-35(26-54)39(25-37)50(51,52)53;1-31-43(70-30-55-31)33-10-7-32(8-11-33)9-18-41(61)40-26-37(60)28-57(40)45(63)44(48(2,3)4)56-42(62)29-67-22-21-65-19-20-66-23-24-68-38-16-14-35(15-17-38)59-47(69)58(46(64)49(59,5)6)36-13-12-34(27-54)39(25-36)50(51,52)53/h8-17,25,30-31,40,43H,18-24,27-29H2,1-7H3,(H,55,62)(H,57,61);7-8,10-17,25,30,37,40,44,60H,9,18-24,26,28-29H2,1-6H3,(H,56,62)/t31-,40+,43-;37-,40+,44-/m11/s1. The lowest BCUT2D eigenvalue weighted by atomic mass is 9.85. The topological polar surface area (TPSA) is 377 Å². The lowest BCUT2D eigenvalue weighted by Crippen LogP contribution is -2.58. The van der Waals surface area contributed by atoms with E-state index in [2.05, 4.69) is 25.9 Å². The van der Waals surface area contributed by atoms with Crippen LogP contribution in [0.2, 0.25) is 0 Å². The van der Waals surface area contributed by atoms with Crippen molar-refractivity contribution >= 4 is 116 Å². The number of aryl methyl sites for hydroxylation is 3. The third-order valence-electron chi connectivity index (χ3n) is 23.8. The van der Waals surface area contributed by atoms with E-state index in [4.69, 9.17) is 55.4 Å². The fourth-order valence-corrected chi connectivity index (χ4v) is 18.5. The Kier molecular flexibility index (Phi) is 36.6. The minimum atomic E-state index is -4.87. The van der Waals surface area contributed by atoms with Gasteiger partial charge in [-0.25, -0.2) is 19.7 Å². The van der Waals surface area contributed by atoms with Gasteiger partial charge in [-0.15, -0.1) is 22.7 Å². The van der Waals surface area contributed by atoms with Gasteiger partial charge in [0.1, 0.15) is 67.1 Å². The van der Waals surface area contributed by atoms with Gasteiger partial charge in [0.15, 0.2) is 10.9 Å². The number of ketones is 1. The van der Waals surface area contributed by atoms with Crippen LogP contribution in [0.4, 0.5) is 53.9 Å². The average Bonchev–Trinajstić information content (AvgIpc) is 1.58. The van der Waals surface area contributed by atoms with E-state index >= 15 is 0 Å². The number of ether oxygens (including phenoxy) is 8. The van der Waals surface area contributed by atoms with Crippen LogP contribution in [0, 0.1) is 53.3 Å². The molecule has 2 aromatic heterocycles. The van der Waals surface area contributed by atoms with Gasteiger partial charge in [-0.2, -0.15) is 36.9 Å². The van der Waals surface area contributed by atoms with E-state index in [0.717, 1.165) is 72.6 Å². The molecule has 4 N–H and O–H groups in total. The fraction of sp³-hybridized carbons (Fsp3) is 0.460. The maximum absolute atomic E-state index is 14.0. The zero-order chi connectivity index (χ0) is 102. The highest BCUT2D eigenvalue weighted by atomic mass is 32.1. The van der Waals surface area contributed by atoms with Gasteiger partial charge in [0.05, 0.1) is 156 Å². The van der Waals surface area contributed by atoms with Crippen molar-refractivity contribution in [2.75, 3.05) is 125 Å². The number of rotatable bonds is 41. The lowest BCUT2D eigenvalue weighted by Gasteiger charge is -2.35. The van der Waals surface area contributed by atoms with Crippen molar-refractivity contribution in [2.24, 2.45) is 16.7 Å². The first-order valence-corrected chi connectivity index (χ1v) is 47.6. The van der Waals surface area contributed by atoms with Crippen molar-refractivity contribution < 1.29 is 112 Å². The average molecular weight is 2000 g/mol. The number of Topliss-reactive ketones (excluding diaryl/α,β-unsaturated/α-hetero) is 1. The highest BCUT2D eigenvalue weighted by molar-refractivity contribution is 7.81. The number of nitrogens with one attached hydrogen (secondary N) is 3. The van der Waals surface area contributed by atoms with Gasteiger partial charge < -0.3 is 73.7 Å². The number of hydrogen-bond acceptors (Lipinski definition) is 25. The van der Waals surface area contributed by atoms with E-state index < -0.39 is 122 Å². The third kappa shape index (κ3) is 27.3. The number of benzene rings is 6. The number of likely N-dealkylation sites (tertiary alicyclic amines) is 2. The van der Waals surface area contributed by atoms with Gasteiger partial charge in [-0.3, -0.25) is 48.2 Å². The predicted octanol–water partition coefficient (Wildman–Crippen LogP) is 14.3. The van der Waals surface area contributed by atoms with Crippen molar-refractivity contribution in [1.82, 2.24) is 35.7 Å². The lowest BCUT2D eigenvalue weighted by molar-refractivity contribution is -0.144. The summed E-state index contributed by atoms with van der Waals surface area (Å²) in [5, 5.41) is 37.5. The summed E-state index contributed by atoms with van der Waals surface area (Å²) in [7, 11) is 0. The smallest absolute Gasteiger partial charge is 0.417 e. The fourth-order valence-electron chi connectivity index (χ4n) is 16.4. The number of amides is 9. The Hall–Kier alpha value is -12.2. The summed E-state index contributed by atoms with van der Waals surface area (Å²) in [5.74, 6) is -2.40. The zero-order valence-corrected chi connectivity index (χ0v) is 82.5. The number of carbonyl (C=O) groups excluding carboxylic acids is 9. The summed E-state index contributed by atoms with van der Waals surface area (Å²) in [6.07, 6.45) is -9.23. The number of anilines is 4. The highest BCUT2D eigenvalue weighted by Gasteiger charge is 2.55. The number of thiazole rings is 2. The summed E-state index contributed by atoms with van der Waals surface area (Å²) in [6, 6.07) is 33.4. The Bertz CT molecular complexity index is 5470. The monoisotopic (exact) mass is 2000 g/mol. The Morgan fingerprint density at radius 2 is 0.914 bits per heavy atom. The maximum atomic E-state index is 14.0. The molecule has 6 heterocycles. The number of hydrogen-bond donors (Lipinski definition) is 4. The van der Waals surface area contributed by atoms with Gasteiger partial charge >= 0.3 is 18.4 Å². The van der Waals surface area contributed by atoms with Crippen molar-refractivity contribution in [3.8, 4) is 44.5 Å². The maximum Gasteiger partial charge on any atom is 0.417 e. The number of alkyl halides is 6. The first kappa shape index (κ1) is 108. The number of thiocarbonyl (C=S) groups is 1. The van der Waals surface area contributed by atoms with Gasteiger partial charge in [0.25, 0.3) is 11.8 Å². The number of imide groups is 1. The molecule has 4 fully saturated rings. The molecule has 8 aromatic rings. The number of carbonyl (C=O) groups is 9. The number of nitrogens with zero attached hydrogens (tertiary/aromatic N) is 10. The quantitative estimate of drug-likeness (QED) is 0.0120. The SMILES string of the molecule is Cc1ncsc1-c1ccc(CCC(=O)[C@@H]2C[C@@H](O)CN2C(=O)[C@@H](NC(=O)COCCOCCOCCOc2ccc(N3C(=S)N(c4ccc(C#N)c(C(F)(F)F)c4)C(=O)C3(C)C)cc2)C(C)(C)C)cc1.Cc1ncsc1-c1ccc(CNC(=O)[C@@H]2C[C@@H](C)CN2C(=O)[C@@H](NC(=O)COCCOCCOCCOc2ccc(N3C(=O)N(c4ccc(C#N)c(C(F)(F)F)c4)C(=O)C3(C)C)cc2)C(C)(C)C)cc1. The second-order valence-electron chi connectivity index (χ2n) is 37.1. The largest absolute Gasteiger partial charge is 0.491 e. The normalized spacial score (nSPS) is 17.4. The van der Waals surface area contributed by atoms with Crippen LogP contribution >= 0.6 is 34.9 Å². The minimum Gasteiger partial charge on any atom is -0.491 e. The number of aliphatic hydroxyl groups excluding tert-OH is 1. The molecule has 6 aromatic carbocycles. The molecular weight excluding hydrogens is 1880 g/mol. The van der Waals surface area contributed by atoms with Crippen LogP contribution in [0.1, 0.15) is 140 Å². The summed E-state index contributed by atoms with van der Waals surface area (Å²) >= 11 is 8.75.